The Hall–Kier alpha value is -2.40. The fraction of sp³-hybridized carbons (Fsp3) is 0.111. The van der Waals surface area contributed by atoms with E-state index in [1.54, 1.807) is 36.4 Å². The quantitative estimate of drug-likeness (QED) is 0.655. The van der Waals surface area contributed by atoms with E-state index in [1.165, 1.54) is 13.4 Å². The van der Waals surface area contributed by atoms with Gasteiger partial charge in [0.1, 0.15) is 11.5 Å². The van der Waals surface area contributed by atoms with Crippen LogP contribution in [-0.4, -0.2) is 13.1 Å². The minimum atomic E-state index is -0.825. The topological polar surface area (TPSA) is 56.5 Å². The molecule has 3 rings (SSSR count). The third-order valence-electron chi connectivity index (χ3n) is 3.66. The second-order valence-electron chi connectivity index (χ2n) is 5.02. The van der Waals surface area contributed by atoms with Crippen molar-refractivity contribution in [3.05, 3.63) is 80.6 Å². The van der Waals surface area contributed by atoms with Crippen LogP contribution in [0.3, 0.4) is 0 Å². The second-order valence-corrected chi connectivity index (χ2v) is 5.94. The van der Waals surface area contributed by atoms with Crippen LogP contribution in [-0.2, 0) is 9.53 Å². The molecule has 1 aromatic heterocycles. The normalized spacial score (nSPS) is 12.1. The predicted molar refractivity (Wildman–Crippen MR) is 90.5 cm³/mol. The van der Waals surface area contributed by atoms with Gasteiger partial charge in [0, 0.05) is 4.47 Å². The average molecular weight is 373 g/mol. The molecule has 1 heterocycles. The molecule has 0 aliphatic rings. The van der Waals surface area contributed by atoms with Crippen molar-refractivity contribution in [1.82, 2.24) is 0 Å². The molecule has 1 unspecified atom stereocenters. The minimum absolute atomic E-state index is 0.231. The number of hydrogen-bond acceptors (Lipinski definition) is 4. The molecule has 2 aromatic carbocycles. The zero-order chi connectivity index (χ0) is 16.4. The number of halogens is 1. The molecule has 5 heteroatoms. The van der Waals surface area contributed by atoms with Gasteiger partial charge in [0.05, 0.1) is 24.3 Å². The third kappa shape index (κ3) is 2.92. The molecular weight excluding hydrogens is 360 g/mol. The first-order valence-electron chi connectivity index (χ1n) is 6.95. The van der Waals surface area contributed by atoms with E-state index in [9.17, 15) is 9.59 Å². The first-order valence-corrected chi connectivity index (χ1v) is 7.75. The van der Waals surface area contributed by atoms with Crippen LogP contribution in [0.2, 0.25) is 0 Å². The number of benzene rings is 2. The maximum absolute atomic E-state index is 12.8. The highest BCUT2D eigenvalue weighted by atomic mass is 79.9. The van der Waals surface area contributed by atoms with Gasteiger partial charge in [0.2, 0.25) is 0 Å². The van der Waals surface area contributed by atoms with E-state index in [1.807, 2.05) is 12.1 Å². The molecule has 1 atom stereocenters. The molecule has 116 valence electrons. The summed E-state index contributed by atoms with van der Waals surface area (Å²) in [4.78, 5) is 25.0. The fourth-order valence-electron chi connectivity index (χ4n) is 2.51. The van der Waals surface area contributed by atoms with Crippen LogP contribution >= 0.6 is 15.9 Å². The summed E-state index contributed by atoms with van der Waals surface area (Å²) in [6.45, 7) is 0. The summed E-state index contributed by atoms with van der Waals surface area (Å²) in [7, 11) is 1.30. The lowest BCUT2D eigenvalue weighted by Gasteiger charge is -2.15. The first kappa shape index (κ1) is 15.5. The summed E-state index contributed by atoms with van der Waals surface area (Å²) in [6.07, 6.45) is 1.34. The van der Waals surface area contributed by atoms with Crippen LogP contribution in [0.15, 0.2) is 68.5 Å². The minimum Gasteiger partial charge on any atom is -0.468 e. The van der Waals surface area contributed by atoms with Crippen LogP contribution in [0.4, 0.5) is 0 Å². The van der Waals surface area contributed by atoms with E-state index >= 15 is 0 Å². The lowest BCUT2D eigenvalue weighted by Crippen LogP contribution is -2.22. The lowest BCUT2D eigenvalue weighted by atomic mass is 9.92. The van der Waals surface area contributed by atoms with Crippen molar-refractivity contribution in [3.63, 3.8) is 0 Å². The Balaban J connectivity index is 2.21. The lowest BCUT2D eigenvalue weighted by molar-refractivity contribution is -0.141. The Labute approximate surface area is 140 Å². The van der Waals surface area contributed by atoms with Crippen molar-refractivity contribution < 1.29 is 13.9 Å². The number of para-hydroxylation sites is 1. The number of methoxy groups -OCH3 is 1. The summed E-state index contributed by atoms with van der Waals surface area (Å²) in [6, 6.07) is 14.1. The molecule has 0 aliphatic heterocycles. The van der Waals surface area contributed by atoms with Gasteiger partial charge in [-0.2, -0.15) is 0 Å². The van der Waals surface area contributed by atoms with E-state index in [4.69, 9.17) is 9.15 Å². The number of esters is 1. The molecule has 0 saturated carbocycles. The summed E-state index contributed by atoms with van der Waals surface area (Å²) in [5, 5.41) is 0.441. The van der Waals surface area contributed by atoms with Crippen molar-refractivity contribution in [2.24, 2.45) is 0 Å². The van der Waals surface area contributed by atoms with Crippen LogP contribution < -0.4 is 5.43 Å². The molecule has 0 aliphatic carbocycles. The Morgan fingerprint density at radius 1 is 1.13 bits per heavy atom. The Kier molecular flexibility index (Phi) is 4.30. The molecule has 0 bridgehead atoms. The first-order chi connectivity index (χ1) is 11.1. The highest BCUT2D eigenvalue weighted by Gasteiger charge is 2.27. The van der Waals surface area contributed by atoms with E-state index in [0.29, 0.717) is 16.5 Å². The van der Waals surface area contributed by atoms with E-state index in [-0.39, 0.29) is 11.0 Å². The smallest absolute Gasteiger partial charge is 0.317 e. The molecule has 3 aromatic rings. The zero-order valence-corrected chi connectivity index (χ0v) is 13.9. The van der Waals surface area contributed by atoms with Crippen LogP contribution in [0.25, 0.3) is 11.0 Å². The molecular formula is C18H13BrO4. The summed E-state index contributed by atoms with van der Waals surface area (Å²) in [5.74, 6) is -1.33. The van der Waals surface area contributed by atoms with Crippen LogP contribution in [0, 0.1) is 0 Å². The molecule has 0 N–H and O–H groups in total. The second kappa shape index (κ2) is 6.38. The molecule has 4 nitrogen and oxygen atoms in total. The predicted octanol–water partition coefficient (Wildman–Crippen LogP) is 3.86. The highest BCUT2D eigenvalue weighted by Crippen LogP contribution is 2.26. The fourth-order valence-corrected chi connectivity index (χ4v) is 2.77. The number of carbonyl (C=O) groups is 1. The molecule has 0 fully saturated rings. The standard InChI is InChI=1S/C18H13BrO4/c1-22-18(21)16(11-6-8-12(19)9-7-11)14-10-23-15-5-3-2-4-13(15)17(14)20/h2-10,16H,1H3. The molecule has 0 radical (unpaired) electrons. The van der Waals surface area contributed by atoms with Gasteiger partial charge in [-0.15, -0.1) is 0 Å². The Morgan fingerprint density at radius 2 is 1.83 bits per heavy atom. The van der Waals surface area contributed by atoms with Crippen molar-refractivity contribution in [1.29, 1.82) is 0 Å². The monoisotopic (exact) mass is 372 g/mol. The van der Waals surface area contributed by atoms with Gasteiger partial charge in [-0.05, 0) is 29.8 Å². The van der Waals surface area contributed by atoms with E-state index in [2.05, 4.69) is 15.9 Å². The maximum atomic E-state index is 12.8. The van der Waals surface area contributed by atoms with Gasteiger partial charge in [0.25, 0.3) is 0 Å². The molecule has 23 heavy (non-hydrogen) atoms. The Bertz CT molecular complexity index is 912. The largest absolute Gasteiger partial charge is 0.468 e. The number of hydrogen-bond donors (Lipinski definition) is 0. The highest BCUT2D eigenvalue weighted by molar-refractivity contribution is 9.10. The maximum Gasteiger partial charge on any atom is 0.317 e. The van der Waals surface area contributed by atoms with Gasteiger partial charge in [-0.1, -0.05) is 40.2 Å². The van der Waals surface area contributed by atoms with Gasteiger partial charge in [-0.25, -0.2) is 0 Å². The number of rotatable bonds is 3. The molecule has 0 amide bonds. The SMILES string of the molecule is COC(=O)C(c1ccc(Br)cc1)c1coc2ccccc2c1=O. The van der Waals surface area contributed by atoms with Gasteiger partial charge in [0.15, 0.2) is 5.43 Å². The van der Waals surface area contributed by atoms with Crippen LogP contribution in [0.1, 0.15) is 17.0 Å². The third-order valence-corrected chi connectivity index (χ3v) is 4.19. The average Bonchev–Trinajstić information content (AvgIpc) is 2.58. The van der Waals surface area contributed by atoms with Crippen molar-refractivity contribution >= 4 is 32.9 Å². The molecule has 0 spiro atoms. The summed E-state index contributed by atoms with van der Waals surface area (Å²) in [5.41, 5.74) is 1.19. The van der Waals surface area contributed by atoms with Crippen molar-refractivity contribution in [2.75, 3.05) is 7.11 Å². The van der Waals surface area contributed by atoms with E-state index in [0.717, 1.165) is 4.47 Å². The van der Waals surface area contributed by atoms with Crippen LogP contribution in [0.5, 0.6) is 0 Å². The van der Waals surface area contributed by atoms with Gasteiger partial charge in [-0.3, -0.25) is 9.59 Å². The zero-order valence-electron chi connectivity index (χ0n) is 12.3. The summed E-state index contributed by atoms with van der Waals surface area (Å²) >= 11 is 3.36. The van der Waals surface area contributed by atoms with E-state index < -0.39 is 11.9 Å². The Morgan fingerprint density at radius 3 is 2.52 bits per heavy atom. The van der Waals surface area contributed by atoms with Gasteiger partial charge < -0.3 is 9.15 Å². The molecule has 0 saturated heterocycles. The number of carbonyl (C=O) groups excluding carboxylic acids is 1. The van der Waals surface area contributed by atoms with Crippen molar-refractivity contribution in [3.8, 4) is 0 Å². The summed E-state index contributed by atoms with van der Waals surface area (Å²) < 4.78 is 11.3. The number of fused-ring (bicyclic) bond motifs is 1. The van der Waals surface area contributed by atoms with Gasteiger partial charge >= 0.3 is 5.97 Å². The van der Waals surface area contributed by atoms with Crippen molar-refractivity contribution in [2.45, 2.75) is 5.92 Å². The number of ether oxygens (including phenoxy) is 1.